The lowest BCUT2D eigenvalue weighted by Gasteiger charge is -2.05. The Kier molecular flexibility index (Phi) is 4.54. The van der Waals surface area contributed by atoms with E-state index in [1.807, 2.05) is 53.2 Å². The van der Waals surface area contributed by atoms with E-state index in [-0.39, 0.29) is 5.91 Å². The van der Waals surface area contributed by atoms with Crippen LogP contribution in [-0.2, 0) is 0 Å². The molecule has 0 unspecified atom stereocenters. The quantitative estimate of drug-likeness (QED) is 0.574. The zero-order valence-electron chi connectivity index (χ0n) is 12.2. The lowest BCUT2D eigenvalue weighted by atomic mass is 10.2. The number of nitrogens with zero attached hydrogens (tertiary/aromatic N) is 2. The van der Waals surface area contributed by atoms with Gasteiger partial charge in [0.25, 0.3) is 5.91 Å². The summed E-state index contributed by atoms with van der Waals surface area (Å²) < 4.78 is 1.98. The zero-order valence-corrected chi connectivity index (χ0v) is 12.9. The SMILES string of the molecule is O=C(NN=Cc1cccn1-c1ccccc1)c1ccccc1Cl. The zero-order chi connectivity index (χ0) is 16.1. The molecule has 0 aliphatic heterocycles. The summed E-state index contributed by atoms with van der Waals surface area (Å²) >= 11 is 5.99. The van der Waals surface area contributed by atoms with Crippen molar-refractivity contribution in [3.8, 4) is 5.69 Å². The molecule has 0 atom stereocenters. The minimum Gasteiger partial charge on any atom is -0.316 e. The average molecular weight is 324 g/mol. The van der Waals surface area contributed by atoms with Crippen molar-refractivity contribution in [1.29, 1.82) is 0 Å². The number of nitrogens with one attached hydrogen (secondary N) is 1. The predicted molar refractivity (Wildman–Crippen MR) is 92.3 cm³/mol. The van der Waals surface area contributed by atoms with Gasteiger partial charge in [-0.2, -0.15) is 5.10 Å². The van der Waals surface area contributed by atoms with Crippen molar-refractivity contribution in [3.63, 3.8) is 0 Å². The summed E-state index contributed by atoms with van der Waals surface area (Å²) in [5.41, 5.74) is 4.76. The second-order valence-corrected chi connectivity index (χ2v) is 5.22. The Hall–Kier alpha value is -2.85. The number of hydrazone groups is 1. The monoisotopic (exact) mass is 323 g/mol. The van der Waals surface area contributed by atoms with Crippen molar-refractivity contribution < 1.29 is 4.79 Å². The Morgan fingerprint density at radius 2 is 1.74 bits per heavy atom. The van der Waals surface area contributed by atoms with E-state index in [0.29, 0.717) is 10.6 Å². The Labute approximate surface area is 139 Å². The first-order valence-corrected chi connectivity index (χ1v) is 7.44. The van der Waals surface area contributed by atoms with Crippen LogP contribution in [0.2, 0.25) is 5.02 Å². The Morgan fingerprint density at radius 3 is 2.52 bits per heavy atom. The molecular weight excluding hydrogens is 310 g/mol. The topological polar surface area (TPSA) is 46.4 Å². The molecule has 4 nitrogen and oxygen atoms in total. The van der Waals surface area contributed by atoms with Crippen molar-refractivity contribution in [1.82, 2.24) is 9.99 Å². The first-order valence-electron chi connectivity index (χ1n) is 7.06. The van der Waals surface area contributed by atoms with E-state index in [4.69, 9.17) is 11.6 Å². The predicted octanol–water partition coefficient (Wildman–Crippen LogP) is 3.89. The highest BCUT2D eigenvalue weighted by atomic mass is 35.5. The lowest BCUT2D eigenvalue weighted by molar-refractivity contribution is 0.0955. The molecule has 1 amide bonds. The van der Waals surface area contributed by atoms with Gasteiger partial charge in [0.05, 0.1) is 22.5 Å². The fraction of sp³-hybridized carbons (Fsp3) is 0. The second-order valence-electron chi connectivity index (χ2n) is 4.82. The first-order chi connectivity index (χ1) is 11.3. The molecule has 1 aromatic heterocycles. The molecule has 0 fully saturated rings. The molecule has 0 radical (unpaired) electrons. The van der Waals surface area contributed by atoms with Gasteiger partial charge >= 0.3 is 0 Å². The maximum absolute atomic E-state index is 12.0. The summed E-state index contributed by atoms with van der Waals surface area (Å²) in [5, 5.41) is 4.41. The molecule has 3 aromatic rings. The minimum atomic E-state index is -0.343. The second kappa shape index (κ2) is 6.94. The standard InChI is InChI=1S/C18H14ClN3O/c19-17-11-5-4-10-16(17)18(23)21-20-13-15-9-6-12-22(15)14-7-2-1-3-8-14/h1-13H,(H,21,23). The summed E-state index contributed by atoms with van der Waals surface area (Å²) in [5.74, 6) is -0.343. The van der Waals surface area contributed by atoms with Crippen molar-refractivity contribution in [2.75, 3.05) is 0 Å². The van der Waals surface area contributed by atoms with Crippen molar-refractivity contribution in [2.45, 2.75) is 0 Å². The van der Waals surface area contributed by atoms with Crippen LogP contribution in [0.15, 0.2) is 78.0 Å². The smallest absolute Gasteiger partial charge is 0.272 e. The third kappa shape index (κ3) is 3.49. The number of halogens is 1. The highest BCUT2D eigenvalue weighted by Crippen LogP contribution is 2.14. The molecular formula is C18H14ClN3O. The molecule has 0 bridgehead atoms. The molecule has 23 heavy (non-hydrogen) atoms. The van der Waals surface area contributed by atoms with Gasteiger partial charge in [0.2, 0.25) is 0 Å². The first kappa shape index (κ1) is 15.1. The molecule has 1 heterocycles. The van der Waals surface area contributed by atoms with Crippen LogP contribution >= 0.6 is 11.6 Å². The summed E-state index contributed by atoms with van der Waals surface area (Å²) in [6.07, 6.45) is 3.54. The molecule has 1 N–H and O–H groups in total. The normalized spacial score (nSPS) is 10.8. The van der Waals surface area contributed by atoms with E-state index < -0.39 is 0 Å². The number of aromatic nitrogens is 1. The fourth-order valence-corrected chi connectivity index (χ4v) is 2.41. The Balaban J connectivity index is 1.74. The van der Waals surface area contributed by atoms with Crippen LogP contribution < -0.4 is 5.43 Å². The van der Waals surface area contributed by atoms with Crippen molar-refractivity contribution in [2.24, 2.45) is 5.10 Å². The van der Waals surface area contributed by atoms with E-state index >= 15 is 0 Å². The van der Waals surface area contributed by atoms with Crippen LogP contribution in [0.25, 0.3) is 5.69 Å². The van der Waals surface area contributed by atoms with E-state index in [2.05, 4.69) is 10.5 Å². The fourth-order valence-electron chi connectivity index (χ4n) is 2.19. The number of carbonyl (C=O) groups is 1. The number of benzene rings is 2. The summed E-state index contributed by atoms with van der Waals surface area (Å²) in [4.78, 5) is 12.0. The van der Waals surface area contributed by atoms with Gasteiger partial charge in [0.1, 0.15) is 0 Å². The molecule has 0 spiro atoms. The van der Waals surface area contributed by atoms with Gasteiger partial charge in [-0.15, -0.1) is 0 Å². The highest BCUT2D eigenvalue weighted by molar-refractivity contribution is 6.33. The van der Waals surface area contributed by atoms with Crippen LogP contribution in [0.3, 0.4) is 0 Å². The number of para-hydroxylation sites is 1. The molecule has 3 rings (SSSR count). The van der Waals surface area contributed by atoms with E-state index in [1.165, 1.54) is 0 Å². The third-order valence-electron chi connectivity index (χ3n) is 3.30. The van der Waals surface area contributed by atoms with E-state index in [1.54, 1.807) is 30.5 Å². The molecule has 114 valence electrons. The number of hydrogen-bond donors (Lipinski definition) is 1. The average Bonchev–Trinajstić information content (AvgIpc) is 3.04. The molecule has 2 aromatic carbocycles. The van der Waals surface area contributed by atoms with Gasteiger partial charge < -0.3 is 4.57 Å². The van der Waals surface area contributed by atoms with Gasteiger partial charge in [-0.1, -0.05) is 41.9 Å². The highest BCUT2D eigenvalue weighted by Gasteiger charge is 2.08. The van der Waals surface area contributed by atoms with Crippen molar-refractivity contribution >= 4 is 23.7 Å². The Bertz CT molecular complexity index is 840. The maximum atomic E-state index is 12.0. The number of hydrogen-bond acceptors (Lipinski definition) is 2. The lowest BCUT2D eigenvalue weighted by Crippen LogP contribution is -2.18. The molecule has 5 heteroatoms. The van der Waals surface area contributed by atoms with Crippen molar-refractivity contribution in [3.05, 3.63) is 89.2 Å². The summed E-state index contributed by atoms with van der Waals surface area (Å²) in [6, 6.07) is 20.6. The van der Waals surface area contributed by atoms with Crippen LogP contribution in [0.1, 0.15) is 16.1 Å². The molecule has 0 saturated heterocycles. The van der Waals surface area contributed by atoms with Gasteiger partial charge in [0.15, 0.2) is 0 Å². The van der Waals surface area contributed by atoms with Gasteiger partial charge in [-0.05, 0) is 36.4 Å². The van der Waals surface area contributed by atoms with Gasteiger partial charge in [-0.3, -0.25) is 4.79 Å². The van der Waals surface area contributed by atoms with E-state index in [0.717, 1.165) is 11.4 Å². The van der Waals surface area contributed by atoms with Crippen LogP contribution in [0, 0.1) is 0 Å². The molecule has 0 saturated carbocycles. The maximum Gasteiger partial charge on any atom is 0.272 e. The van der Waals surface area contributed by atoms with E-state index in [9.17, 15) is 4.79 Å². The molecule has 0 aliphatic rings. The van der Waals surface area contributed by atoms with Crippen LogP contribution in [-0.4, -0.2) is 16.7 Å². The number of rotatable bonds is 4. The Morgan fingerprint density at radius 1 is 1.00 bits per heavy atom. The third-order valence-corrected chi connectivity index (χ3v) is 3.63. The number of carbonyl (C=O) groups excluding carboxylic acids is 1. The minimum absolute atomic E-state index is 0.343. The molecule has 0 aliphatic carbocycles. The largest absolute Gasteiger partial charge is 0.316 e. The summed E-state index contributed by atoms with van der Waals surface area (Å²) in [6.45, 7) is 0. The van der Waals surface area contributed by atoms with Crippen LogP contribution in [0.4, 0.5) is 0 Å². The van der Waals surface area contributed by atoms with Crippen LogP contribution in [0.5, 0.6) is 0 Å². The van der Waals surface area contributed by atoms with Gasteiger partial charge in [-0.25, -0.2) is 5.43 Å². The van der Waals surface area contributed by atoms with Gasteiger partial charge in [0, 0.05) is 11.9 Å². The number of amides is 1. The summed E-state index contributed by atoms with van der Waals surface area (Å²) in [7, 11) is 0.